The van der Waals surface area contributed by atoms with Crippen molar-refractivity contribution in [1.29, 1.82) is 0 Å². The predicted molar refractivity (Wildman–Crippen MR) is 121 cm³/mol. The van der Waals surface area contributed by atoms with Crippen LogP contribution in [-0.2, 0) is 19.1 Å². The van der Waals surface area contributed by atoms with E-state index in [1.807, 2.05) is 24.3 Å². The summed E-state index contributed by atoms with van der Waals surface area (Å²) in [6.07, 6.45) is -0.308. The number of benzene rings is 2. The van der Waals surface area contributed by atoms with Gasteiger partial charge in [0.2, 0.25) is 5.91 Å². The summed E-state index contributed by atoms with van der Waals surface area (Å²) >= 11 is 0. The van der Waals surface area contributed by atoms with Gasteiger partial charge in [0.15, 0.2) is 5.60 Å². The zero-order chi connectivity index (χ0) is 23.6. The molecule has 0 spiro atoms. The van der Waals surface area contributed by atoms with Crippen molar-refractivity contribution in [2.24, 2.45) is 0 Å². The van der Waals surface area contributed by atoms with Crippen LogP contribution in [0.2, 0.25) is 0 Å². The van der Waals surface area contributed by atoms with Gasteiger partial charge in [0.1, 0.15) is 6.61 Å². The molecular weight excluding hydrogens is 424 g/mol. The number of aliphatic carboxylic acids is 1. The van der Waals surface area contributed by atoms with Crippen molar-refractivity contribution in [2.45, 2.75) is 37.3 Å². The van der Waals surface area contributed by atoms with E-state index in [1.165, 1.54) is 12.0 Å². The number of rotatable bonds is 7. The second kappa shape index (κ2) is 9.23. The van der Waals surface area contributed by atoms with Gasteiger partial charge in [0.05, 0.1) is 6.54 Å². The van der Waals surface area contributed by atoms with Gasteiger partial charge in [-0.15, -0.1) is 0 Å². The standard InChI is InChI=1S/C25H28N2O6/c1-16(13-22(28)27-12-11-25(15-27,32-2)23(29)30)26-24(31)33-14-21-19-9-5-3-7-17(19)18-8-4-6-10-20(18)21/h3-10,16,21H,11-15H2,1-2H3,(H,26,31)(H,29,30)/t16-,25?/m1/s1. The van der Waals surface area contributed by atoms with Crippen LogP contribution >= 0.6 is 0 Å². The number of alkyl carbamates (subject to hydrolysis) is 1. The molecule has 0 saturated carbocycles. The summed E-state index contributed by atoms with van der Waals surface area (Å²) in [7, 11) is 1.34. The van der Waals surface area contributed by atoms with E-state index < -0.39 is 23.7 Å². The molecule has 2 aliphatic rings. The van der Waals surface area contributed by atoms with Gasteiger partial charge in [-0.3, -0.25) is 4.79 Å². The molecule has 1 saturated heterocycles. The van der Waals surface area contributed by atoms with Crippen LogP contribution in [0.25, 0.3) is 11.1 Å². The lowest BCUT2D eigenvalue weighted by molar-refractivity contribution is -0.161. The van der Waals surface area contributed by atoms with E-state index in [4.69, 9.17) is 9.47 Å². The Labute approximate surface area is 192 Å². The lowest BCUT2D eigenvalue weighted by Gasteiger charge is -2.24. The molecule has 0 radical (unpaired) electrons. The predicted octanol–water partition coefficient (Wildman–Crippen LogP) is 3.01. The molecule has 2 N–H and O–H groups in total. The fourth-order valence-electron chi connectivity index (χ4n) is 4.71. The number of fused-ring (bicyclic) bond motifs is 3. The van der Waals surface area contributed by atoms with Crippen molar-refractivity contribution in [3.63, 3.8) is 0 Å². The summed E-state index contributed by atoms with van der Waals surface area (Å²) in [5.41, 5.74) is 3.20. The molecule has 2 aromatic rings. The number of likely N-dealkylation sites (tertiary alicyclic amines) is 1. The number of hydrogen-bond donors (Lipinski definition) is 2. The molecule has 1 unspecified atom stereocenters. The van der Waals surface area contributed by atoms with Crippen molar-refractivity contribution < 1.29 is 29.0 Å². The van der Waals surface area contributed by atoms with Crippen LogP contribution < -0.4 is 5.32 Å². The summed E-state index contributed by atoms with van der Waals surface area (Å²) in [6.45, 7) is 2.21. The fraction of sp³-hybridized carbons (Fsp3) is 0.400. The molecule has 2 atom stereocenters. The monoisotopic (exact) mass is 452 g/mol. The zero-order valence-electron chi connectivity index (χ0n) is 18.7. The quantitative estimate of drug-likeness (QED) is 0.669. The highest BCUT2D eigenvalue weighted by molar-refractivity contribution is 5.83. The number of hydrogen-bond acceptors (Lipinski definition) is 5. The lowest BCUT2D eigenvalue weighted by Crippen LogP contribution is -2.45. The Morgan fingerprint density at radius 2 is 1.73 bits per heavy atom. The molecule has 8 heteroatoms. The normalized spacial score (nSPS) is 20.1. The average Bonchev–Trinajstić information content (AvgIpc) is 3.39. The SMILES string of the molecule is COC1(C(=O)O)CCN(C(=O)C[C@@H](C)NC(=O)OCC2c3ccccc3-c3ccccc32)C1. The molecule has 1 aliphatic heterocycles. The van der Waals surface area contributed by atoms with E-state index in [2.05, 4.69) is 29.6 Å². The van der Waals surface area contributed by atoms with Gasteiger partial charge in [-0.05, 0) is 29.2 Å². The van der Waals surface area contributed by atoms with Gasteiger partial charge in [-0.2, -0.15) is 0 Å². The number of nitrogens with zero attached hydrogens (tertiary/aromatic N) is 1. The van der Waals surface area contributed by atoms with E-state index >= 15 is 0 Å². The van der Waals surface area contributed by atoms with Gasteiger partial charge in [-0.25, -0.2) is 9.59 Å². The summed E-state index contributed by atoms with van der Waals surface area (Å²) in [5.74, 6) is -1.35. The number of carbonyl (C=O) groups is 3. The number of ether oxygens (including phenoxy) is 2. The molecule has 4 rings (SSSR count). The molecule has 0 aromatic heterocycles. The Bertz CT molecular complexity index is 1020. The van der Waals surface area contributed by atoms with Gasteiger partial charge in [-0.1, -0.05) is 48.5 Å². The van der Waals surface area contributed by atoms with Crippen molar-refractivity contribution in [3.8, 4) is 11.1 Å². The molecule has 174 valence electrons. The highest BCUT2D eigenvalue weighted by atomic mass is 16.5. The Kier molecular flexibility index (Phi) is 6.37. The maximum absolute atomic E-state index is 12.6. The van der Waals surface area contributed by atoms with E-state index in [1.54, 1.807) is 6.92 Å². The third-order valence-electron chi connectivity index (χ3n) is 6.55. The van der Waals surface area contributed by atoms with Crippen LogP contribution in [0.4, 0.5) is 4.79 Å². The maximum Gasteiger partial charge on any atom is 0.407 e. The fourth-order valence-corrected chi connectivity index (χ4v) is 4.71. The van der Waals surface area contributed by atoms with E-state index in [9.17, 15) is 19.5 Å². The topological polar surface area (TPSA) is 105 Å². The Morgan fingerprint density at radius 1 is 1.12 bits per heavy atom. The summed E-state index contributed by atoms with van der Waals surface area (Å²) < 4.78 is 10.7. The molecule has 33 heavy (non-hydrogen) atoms. The van der Waals surface area contributed by atoms with Gasteiger partial charge in [0, 0.05) is 38.5 Å². The first kappa shape index (κ1) is 22.8. The number of carboxylic acid groups (broad SMARTS) is 1. The Balaban J connectivity index is 1.30. The third kappa shape index (κ3) is 4.43. The van der Waals surface area contributed by atoms with Crippen LogP contribution in [0.5, 0.6) is 0 Å². The molecule has 8 nitrogen and oxygen atoms in total. The second-order valence-corrected chi connectivity index (χ2v) is 8.64. The van der Waals surface area contributed by atoms with Crippen molar-refractivity contribution >= 4 is 18.0 Å². The molecule has 0 bridgehead atoms. The largest absolute Gasteiger partial charge is 0.479 e. The summed E-state index contributed by atoms with van der Waals surface area (Å²) in [6, 6.07) is 15.7. The Hall–Kier alpha value is -3.39. The van der Waals surface area contributed by atoms with E-state index in [0.717, 1.165) is 22.3 Å². The zero-order valence-corrected chi connectivity index (χ0v) is 18.7. The first-order valence-corrected chi connectivity index (χ1v) is 11.0. The first-order valence-electron chi connectivity index (χ1n) is 11.0. The van der Waals surface area contributed by atoms with Gasteiger partial charge < -0.3 is 24.8 Å². The van der Waals surface area contributed by atoms with E-state index in [-0.39, 0.29) is 37.8 Å². The lowest BCUT2D eigenvalue weighted by atomic mass is 9.98. The smallest absolute Gasteiger partial charge is 0.407 e. The van der Waals surface area contributed by atoms with Crippen LogP contribution in [0, 0.1) is 0 Å². The minimum absolute atomic E-state index is 0.00463. The van der Waals surface area contributed by atoms with E-state index in [0.29, 0.717) is 6.54 Å². The van der Waals surface area contributed by atoms with Crippen molar-refractivity contribution in [2.75, 3.05) is 26.8 Å². The number of carbonyl (C=O) groups excluding carboxylic acids is 2. The van der Waals surface area contributed by atoms with Crippen LogP contribution in [0.1, 0.15) is 36.8 Å². The van der Waals surface area contributed by atoms with Crippen LogP contribution in [0.3, 0.4) is 0 Å². The van der Waals surface area contributed by atoms with Gasteiger partial charge in [0.25, 0.3) is 0 Å². The molecule has 2 amide bonds. The molecule has 1 heterocycles. The number of nitrogens with one attached hydrogen (secondary N) is 1. The molecule has 1 fully saturated rings. The van der Waals surface area contributed by atoms with Crippen LogP contribution in [-0.4, -0.2) is 66.4 Å². The molecule has 1 aliphatic carbocycles. The minimum Gasteiger partial charge on any atom is -0.479 e. The average molecular weight is 453 g/mol. The Morgan fingerprint density at radius 3 is 2.27 bits per heavy atom. The van der Waals surface area contributed by atoms with Crippen molar-refractivity contribution in [3.05, 3.63) is 59.7 Å². The van der Waals surface area contributed by atoms with Crippen molar-refractivity contribution in [1.82, 2.24) is 10.2 Å². The summed E-state index contributed by atoms with van der Waals surface area (Å²) in [5, 5.41) is 12.1. The second-order valence-electron chi connectivity index (χ2n) is 8.64. The molecule has 2 aromatic carbocycles. The highest BCUT2D eigenvalue weighted by Crippen LogP contribution is 2.44. The minimum atomic E-state index is -1.36. The third-order valence-corrected chi connectivity index (χ3v) is 6.55. The highest BCUT2D eigenvalue weighted by Gasteiger charge is 2.46. The first-order chi connectivity index (χ1) is 15.8. The van der Waals surface area contributed by atoms with Gasteiger partial charge >= 0.3 is 12.1 Å². The number of amides is 2. The molecular formula is C25H28N2O6. The maximum atomic E-state index is 12.6. The summed E-state index contributed by atoms with van der Waals surface area (Å²) in [4.78, 5) is 38.0. The number of carboxylic acids is 1. The van der Waals surface area contributed by atoms with Crippen LogP contribution in [0.15, 0.2) is 48.5 Å². The number of methoxy groups -OCH3 is 1.